The SMILES string of the molecule is COc1ccccc1OCC1(C(=O)CBr)NCCS1. The van der Waals surface area contributed by atoms with Gasteiger partial charge in [0, 0.05) is 12.3 Å². The Morgan fingerprint density at radius 3 is 2.79 bits per heavy atom. The molecule has 104 valence electrons. The highest BCUT2D eigenvalue weighted by Gasteiger charge is 2.42. The maximum atomic E-state index is 12.1. The van der Waals surface area contributed by atoms with Crippen molar-refractivity contribution < 1.29 is 14.3 Å². The smallest absolute Gasteiger partial charge is 0.177 e. The van der Waals surface area contributed by atoms with Gasteiger partial charge in [-0.2, -0.15) is 0 Å². The number of ketones is 1. The van der Waals surface area contributed by atoms with Gasteiger partial charge in [0.05, 0.1) is 12.4 Å². The summed E-state index contributed by atoms with van der Waals surface area (Å²) >= 11 is 4.83. The van der Waals surface area contributed by atoms with E-state index in [0.717, 1.165) is 12.3 Å². The molecular weight excluding hydrogens is 330 g/mol. The summed E-state index contributed by atoms with van der Waals surface area (Å²) in [7, 11) is 1.60. The molecule has 1 atom stereocenters. The van der Waals surface area contributed by atoms with Crippen molar-refractivity contribution in [2.45, 2.75) is 4.87 Å². The molecule has 1 saturated heterocycles. The maximum absolute atomic E-state index is 12.1. The zero-order valence-electron chi connectivity index (χ0n) is 10.6. The first-order chi connectivity index (χ1) is 9.22. The van der Waals surface area contributed by atoms with Crippen LogP contribution < -0.4 is 14.8 Å². The van der Waals surface area contributed by atoms with E-state index in [0.29, 0.717) is 23.4 Å². The minimum Gasteiger partial charge on any atom is -0.493 e. The molecule has 1 N–H and O–H groups in total. The van der Waals surface area contributed by atoms with Gasteiger partial charge in [-0.15, -0.1) is 11.8 Å². The van der Waals surface area contributed by atoms with Crippen molar-refractivity contribution in [1.82, 2.24) is 5.32 Å². The average molecular weight is 346 g/mol. The number of nitrogens with one attached hydrogen (secondary N) is 1. The van der Waals surface area contributed by atoms with Crippen LogP contribution in [0.5, 0.6) is 11.5 Å². The van der Waals surface area contributed by atoms with Crippen LogP contribution in [0.15, 0.2) is 24.3 Å². The van der Waals surface area contributed by atoms with Gasteiger partial charge in [0.1, 0.15) is 6.61 Å². The Morgan fingerprint density at radius 2 is 2.21 bits per heavy atom. The van der Waals surface area contributed by atoms with Crippen molar-refractivity contribution in [3.05, 3.63) is 24.3 Å². The van der Waals surface area contributed by atoms with E-state index in [1.807, 2.05) is 24.3 Å². The molecule has 4 nitrogen and oxygen atoms in total. The van der Waals surface area contributed by atoms with E-state index in [1.165, 1.54) is 0 Å². The molecule has 1 unspecified atom stereocenters. The molecule has 1 aliphatic rings. The molecule has 1 aromatic carbocycles. The summed E-state index contributed by atoms with van der Waals surface area (Å²) < 4.78 is 11.0. The van der Waals surface area contributed by atoms with Gasteiger partial charge in [-0.1, -0.05) is 28.1 Å². The molecule has 0 amide bonds. The number of rotatable bonds is 6. The number of carbonyl (C=O) groups is 1. The second-order valence-corrected chi connectivity index (χ2v) is 6.05. The van der Waals surface area contributed by atoms with Gasteiger partial charge in [0.2, 0.25) is 0 Å². The van der Waals surface area contributed by atoms with E-state index in [2.05, 4.69) is 21.2 Å². The number of carbonyl (C=O) groups excluding carboxylic acids is 1. The first-order valence-corrected chi connectivity index (χ1v) is 8.06. The van der Waals surface area contributed by atoms with E-state index in [4.69, 9.17) is 9.47 Å². The summed E-state index contributed by atoms with van der Waals surface area (Å²) in [6, 6.07) is 7.44. The van der Waals surface area contributed by atoms with Crippen LogP contribution in [0.4, 0.5) is 0 Å². The molecule has 2 rings (SSSR count). The van der Waals surface area contributed by atoms with E-state index >= 15 is 0 Å². The van der Waals surface area contributed by atoms with Crippen LogP contribution in [-0.2, 0) is 4.79 Å². The monoisotopic (exact) mass is 345 g/mol. The lowest BCUT2D eigenvalue weighted by atomic mass is 10.2. The summed E-state index contributed by atoms with van der Waals surface area (Å²) in [5, 5.41) is 3.57. The topological polar surface area (TPSA) is 47.6 Å². The minimum atomic E-state index is -0.648. The fourth-order valence-electron chi connectivity index (χ4n) is 1.91. The zero-order valence-corrected chi connectivity index (χ0v) is 13.1. The Balaban J connectivity index is 2.09. The van der Waals surface area contributed by atoms with Gasteiger partial charge in [0.15, 0.2) is 22.2 Å². The van der Waals surface area contributed by atoms with Crippen molar-refractivity contribution in [3.8, 4) is 11.5 Å². The molecule has 6 heteroatoms. The summed E-state index contributed by atoms with van der Waals surface area (Å²) in [5.41, 5.74) is 0. The Morgan fingerprint density at radius 1 is 1.47 bits per heavy atom. The lowest BCUT2D eigenvalue weighted by molar-refractivity contribution is -0.120. The lowest BCUT2D eigenvalue weighted by Gasteiger charge is -2.26. The summed E-state index contributed by atoms with van der Waals surface area (Å²) in [5.74, 6) is 2.34. The molecule has 1 heterocycles. The van der Waals surface area contributed by atoms with Crippen molar-refractivity contribution in [2.75, 3.05) is 31.3 Å². The number of ether oxygens (including phenoxy) is 2. The van der Waals surface area contributed by atoms with E-state index in [1.54, 1.807) is 18.9 Å². The number of halogens is 1. The summed E-state index contributed by atoms with van der Waals surface area (Å²) in [4.78, 5) is 11.4. The molecule has 0 aliphatic carbocycles. The predicted molar refractivity (Wildman–Crippen MR) is 80.5 cm³/mol. The molecule has 0 bridgehead atoms. The molecule has 1 aromatic rings. The molecule has 0 saturated carbocycles. The Bertz CT molecular complexity index is 449. The van der Waals surface area contributed by atoms with Crippen molar-refractivity contribution in [2.24, 2.45) is 0 Å². The second-order valence-electron chi connectivity index (χ2n) is 4.10. The first kappa shape index (κ1) is 14.7. The van der Waals surface area contributed by atoms with Gasteiger partial charge in [-0.3, -0.25) is 10.1 Å². The third-order valence-corrected chi connectivity index (χ3v) is 4.83. The largest absolute Gasteiger partial charge is 0.493 e. The molecule has 0 aromatic heterocycles. The number of hydrogen-bond acceptors (Lipinski definition) is 5. The lowest BCUT2D eigenvalue weighted by Crippen LogP contribution is -2.50. The number of thioether (sulfide) groups is 1. The van der Waals surface area contributed by atoms with Gasteiger partial charge in [0.25, 0.3) is 0 Å². The second kappa shape index (κ2) is 6.63. The fraction of sp³-hybridized carbons (Fsp3) is 0.462. The maximum Gasteiger partial charge on any atom is 0.177 e. The summed E-state index contributed by atoms with van der Waals surface area (Å²) in [6.45, 7) is 1.11. The quantitative estimate of drug-likeness (QED) is 0.799. The third kappa shape index (κ3) is 3.24. The first-order valence-electron chi connectivity index (χ1n) is 5.96. The van der Waals surface area contributed by atoms with Gasteiger partial charge < -0.3 is 9.47 Å². The number of alkyl halides is 1. The highest BCUT2D eigenvalue weighted by Crippen LogP contribution is 2.32. The molecule has 0 radical (unpaired) electrons. The molecular formula is C13H16BrNO3S. The van der Waals surface area contributed by atoms with Crippen molar-refractivity contribution >= 4 is 33.5 Å². The highest BCUT2D eigenvalue weighted by atomic mass is 79.9. The number of hydrogen-bond donors (Lipinski definition) is 1. The van der Waals surface area contributed by atoms with E-state index in [-0.39, 0.29) is 5.78 Å². The zero-order chi connectivity index (χ0) is 13.7. The fourth-order valence-corrected chi connectivity index (χ4v) is 3.70. The molecule has 1 fully saturated rings. The minimum absolute atomic E-state index is 0.102. The summed E-state index contributed by atoms with van der Waals surface area (Å²) in [6.07, 6.45) is 0. The highest BCUT2D eigenvalue weighted by molar-refractivity contribution is 9.09. The molecule has 19 heavy (non-hydrogen) atoms. The van der Waals surface area contributed by atoms with E-state index in [9.17, 15) is 4.79 Å². The van der Waals surface area contributed by atoms with Crippen LogP contribution in [0.25, 0.3) is 0 Å². The van der Waals surface area contributed by atoms with Crippen LogP contribution in [0, 0.1) is 0 Å². The van der Waals surface area contributed by atoms with Crippen molar-refractivity contribution in [1.29, 1.82) is 0 Å². The molecule has 0 spiro atoms. The van der Waals surface area contributed by atoms with Crippen LogP contribution >= 0.6 is 27.7 Å². The van der Waals surface area contributed by atoms with E-state index < -0.39 is 4.87 Å². The predicted octanol–water partition coefficient (Wildman–Crippen LogP) is 2.07. The average Bonchev–Trinajstić information content (AvgIpc) is 2.94. The normalized spacial score (nSPS) is 22.2. The number of benzene rings is 1. The Kier molecular flexibility index (Phi) is 5.13. The van der Waals surface area contributed by atoms with Crippen LogP contribution in [-0.4, -0.2) is 42.0 Å². The van der Waals surface area contributed by atoms with Crippen LogP contribution in [0.3, 0.4) is 0 Å². The van der Waals surface area contributed by atoms with Gasteiger partial charge in [-0.25, -0.2) is 0 Å². The van der Waals surface area contributed by atoms with Crippen LogP contribution in [0.2, 0.25) is 0 Å². The Labute approximate surface area is 125 Å². The van der Waals surface area contributed by atoms with Gasteiger partial charge >= 0.3 is 0 Å². The van der Waals surface area contributed by atoms with Gasteiger partial charge in [-0.05, 0) is 12.1 Å². The number of methoxy groups -OCH3 is 1. The standard InChI is InChI=1S/C13H16BrNO3S/c1-17-10-4-2-3-5-11(10)18-9-13(12(16)8-14)15-6-7-19-13/h2-5,15H,6-9H2,1H3. The third-order valence-electron chi connectivity index (χ3n) is 2.93. The number of Topliss-reactive ketones (excluding diaryl/α,β-unsaturated/α-hetero) is 1. The number of para-hydroxylation sites is 2. The van der Waals surface area contributed by atoms with Crippen LogP contribution in [0.1, 0.15) is 0 Å². The molecule has 1 aliphatic heterocycles. The van der Waals surface area contributed by atoms with Crippen molar-refractivity contribution in [3.63, 3.8) is 0 Å². The Hall–Kier alpha value is -0.720.